The number of amides is 1. The first kappa shape index (κ1) is 15.1. The van der Waals surface area contributed by atoms with Gasteiger partial charge in [-0.3, -0.25) is 9.79 Å². The summed E-state index contributed by atoms with van der Waals surface area (Å²) in [6, 6.07) is 0.336. The fraction of sp³-hybridized carbons (Fsp3) is 0.857. The van der Waals surface area contributed by atoms with E-state index in [1.54, 1.807) is 14.1 Å². The number of fused-ring (bicyclic) bond motifs is 2. The number of carbonyl (C=O) groups excluding carboxylic acids is 1. The predicted octanol–water partition coefficient (Wildman–Crippen LogP) is 0.244. The van der Waals surface area contributed by atoms with E-state index in [2.05, 4.69) is 20.9 Å². The SMILES string of the molecule is CN=C(NCC(C)(C)C(=O)NC)NC1CC2CCC1O2. The third-order valence-corrected chi connectivity index (χ3v) is 4.19. The van der Waals surface area contributed by atoms with Crippen molar-refractivity contribution in [2.45, 2.75) is 51.4 Å². The largest absolute Gasteiger partial charge is 0.373 e. The molecule has 0 aromatic heterocycles. The van der Waals surface area contributed by atoms with Crippen molar-refractivity contribution in [2.24, 2.45) is 10.4 Å². The van der Waals surface area contributed by atoms with Crippen LogP contribution in [0.2, 0.25) is 0 Å². The Morgan fingerprint density at radius 2 is 2.15 bits per heavy atom. The Morgan fingerprint density at radius 3 is 2.65 bits per heavy atom. The number of carbonyl (C=O) groups is 1. The molecule has 2 fully saturated rings. The van der Waals surface area contributed by atoms with E-state index in [4.69, 9.17) is 4.74 Å². The molecule has 0 aliphatic carbocycles. The first-order valence-corrected chi connectivity index (χ1v) is 7.31. The lowest BCUT2D eigenvalue weighted by atomic mass is 9.92. The summed E-state index contributed by atoms with van der Waals surface area (Å²) in [5, 5.41) is 9.33. The van der Waals surface area contributed by atoms with E-state index in [9.17, 15) is 4.79 Å². The number of ether oxygens (including phenoxy) is 1. The highest BCUT2D eigenvalue weighted by Gasteiger charge is 2.41. The minimum Gasteiger partial charge on any atom is -0.373 e. The summed E-state index contributed by atoms with van der Waals surface area (Å²) in [4.78, 5) is 16.0. The third kappa shape index (κ3) is 3.23. The van der Waals surface area contributed by atoms with E-state index >= 15 is 0 Å². The maximum Gasteiger partial charge on any atom is 0.227 e. The lowest BCUT2D eigenvalue weighted by Crippen LogP contribution is -2.51. The second-order valence-electron chi connectivity index (χ2n) is 6.25. The zero-order chi connectivity index (χ0) is 14.8. The van der Waals surface area contributed by atoms with Crippen LogP contribution in [0.4, 0.5) is 0 Å². The molecule has 3 unspecified atom stereocenters. The van der Waals surface area contributed by atoms with Crippen LogP contribution in [0.1, 0.15) is 33.1 Å². The first-order valence-electron chi connectivity index (χ1n) is 7.31. The van der Waals surface area contributed by atoms with Gasteiger partial charge in [0.25, 0.3) is 0 Å². The molecule has 2 rings (SSSR count). The highest BCUT2D eigenvalue weighted by molar-refractivity contribution is 5.84. The Labute approximate surface area is 120 Å². The van der Waals surface area contributed by atoms with Crippen LogP contribution in [0.5, 0.6) is 0 Å². The molecule has 0 radical (unpaired) electrons. The van der Waals surface area contributed by atoms with Crippen LogP contribution < -0.4 is 16.0 Å². The van der Waals surface area contributed by atoms with Gasteiger partial charge in [0.05, 0.1) is 23.7 Å². The van der Waals surface area contributed by atoms with E-state index in [-0.39, 0.29) is 5.91 Å². The van der Waals surface area contributed by atoms with Gasteiger partial charge in [0.1, 0.15) is 0 Å². The molecule has 0 aromatic carbocycles. The molecule has 0 aromatic rings. The fourth-order valence-electron chi connectivity index (χ4n) is 2.88. The molecule has 3 N–H and O–H groups in total. The van der Waals surface area contributed by atoms with Crippen LogP contribution in [0.15, 0.2) is 4.99 Å². The molecule has 114 valence electrons. The maximum atomic E-state index is 11.8. The van der Waals surface area contributed by atoms with E-state index in [1.807, 2.05) is 13.8 Å². The fourth-order valence-corrected chi connectivity index (χ4v) is 2.88. The Balaban J connectivity index is 1.83. The van der Waals surface area contributed by atoms with Gasteiger partial charge in [0.2, 0.25) is 5.91 Å². The van der Waals surface area contributed by atoms with Crippen molar-refractivity contribution in [2.75, 3.05) is 20.6 Å². The Kier molecular flexibility index (Phi) is 4.52. The number of hydrogen-bond donors (Lipinski definition) is 3. The van der Waals surface area contributed by atoms with Crippen molar-refractivity contribution in [1.29, 1.82) is 0 Å². The molecular weight excluding hydrogens is 256 g/mol. The van der Waals surface area contributed by atoms with Gasteiger partial charge in [-0.05, 0) is 33.1 Å². The molecule has 0 spiro atoms. The number of nitrogens with one attached hydrogen (secondary N) is 3. The molecule has 0 saturated carbocycles. The second kappa shape index (κ2) is 5.99. The van der Waals surface area contributed by atoms with Crippen molar-refractivity contribution in [3.63, 3.8) is 0 Å². The number of aliphatic imine (C=N–C) groups is 1. The van der Waals surface area contributed by atoms with Gasteiger partial charge in [0, 0.05) is 20.6 Å². The standard InChI is InChI=1S/C14H26N4O2/c1-14(2,12(19)15-3)8-17-13(16-4)18-10-7-9-5-6-11(10)20-9/h9-11H,5-8H2,1-4H3,(H,15,19)(H2,16,17,18). The quantitative estimate of drug-likeness (QED) is 0.510. The van der Waals surface area contributed by atoms with Gasteiger partial charge in [-0.25, -0.2) is 0 Å². The molecule has 2 aliphatic heterocycles. The van der Waals surface area contributed by atoms with Gasteiger partial charge in [-0.2, -0.15) is 0 Å². The van der Waals surface area contributed by atoms with Crippen molar-refractivity contribution < 1.29 is 9.53 Å². The summed E-state index contributed by atoms with van der Waals surface area (Å²) in [6.07, 6.45) is 4.08. The molecular formula is C14H26N4O2. The van der Waals surface area contributed by atoms with Crippen molar-refractivity contribution in [3.05, 3.63) is 0 Å². The maximum absolute atomic E-state index is 11.8. The lowest BCUT2D eigenvalue weighted by Gasteiger charge is -2.26. The average molecular weight is 282 g/mol. The highest BCUT2D eigenvalue weighted by atomic mass is 16.5. The molecule has 2 heterocycles. The monoisotopic (exact) mass is 282 g/mol. The summed E-state index contributed by atoms with van der Waals surface area (Å²) >= 11 is 0. The average Bonchev–Trinajstić information content (AvgIpc) is 3.04. The molecule has 20 heavy (non-hydrogen) atoms. The van der Waals surface area contributed by atoms with Crippen LogP contribution >= 0.6 is 0 Å². The van der Waals surface area contributed by atoms with Gasteiger partial charge in [0.15, 0.2) is 5.96 Å². The molecule has 3 atom stereocenters. The van der Waals surface area contributed by atoms with E-state index in [0.717, 1.165) is 18.8 Å². The van der Waals surface area contributed by atoms with E-state index in [0.29, 0.717) is 24.8 Å². The predicted molar refractivity (Wildman–Crippen MR) is 78.6 cm³/mol. The summed E-state index contributed by atoms with van der Waals surface area (Å²) in [7, 11) is 3.40. The minimum atomic E-state index is -0.475. The van der Waals surface area contributed by atoms with Crippen LogP contribution in [-0.4, -0.2) is 50.8 Å². The Hall–Kier alpha value is -1.30. The number of guanidine groups is 1. The lowest BCUT2D eigenvalue weighted by molar-refractivity contribution is -0.128. The molecule has 2 saturated heterocycles. The van der Waals surface area contributed by atoms with E-state index in [1.165, 1.54) is 6.42 Å². The van der Waals surface area contributed by atoms with Gasteiger partial charge >= 0.3 is 0 Å². The Bertz CT molecular complexity index is 395. The van der Waals surface area contributed by atoms with Crippen molar-refractivity contribution in [3.8, 4) is 0 Å². The van der Waals surface area contributed by atoms with Gasteiger partial charge in [-0.15, -0.1) is 0 Å². The zero-order valence-corrected chi connectivity index (χ0v) is 12.8. The number of rotatable bonds is 4. The van der Waals surface area contributed by atoms with Crippen LogP contribution in [-0.2, 0) is 9.53 Å². The first-order chi connectivity index (χ1) is 9.46. The van der Waals surface area contributed by atoms with Gasteiger partial charge in [-0.1, -0.05) is 0 Å². The molecule has 2 aliphatic rings. The topological polar surface area (TPSA) is 74.8 Å². The third-order valence-electron chi connectivity index (χ3n) is 4.19. The summed E-state index contributed by atoms with van der Waals surface area (Å²) in [6.45, 7) is 4.35. The minimum absolute atomic E-state index is 0.0173. The molecule has 2 bridgehead atoms. The summed E-state index contributed by atoms with van der Waals surface area (Å²) in [5.74, 6) is 0.756. The molecule has 6 heteroatoms. The van der Waals surface area contributed by atoms with Crippen LogP contribution in [0.3, 0.4) is 0 Å². The van der Waals surface area contributed by atoms with Crippen LogP contribution in [0, 0.1) is 5.41 Å². The zero-order valence-electron chi connectivity index (χ0n) is 12.8. The molecule has 1 amide bonds. The normalized spacial score (nSPS) is 29.4. The van der Waals surface area contributed by atoms with Crippen LogP contribution in [0.25, 0.3) is 0 Å². The van der Waals surface area contributed by atoms with Crippen molar-refractivity contribution >= 4 is 11.9 Å². The van der Waals surface area contributed by atoms with E-state index < -0.39 is 5.41 Å². The summed E-state index contributed by atoms with van der Waals surface area (Å²) in [5.41, 5.74) is -0.475. The molecule has 6 nitrogen and oxygen atoms in total. The summed E-state index contributed by atoms with van der Waals surface area (Å²) < 4.78 is 5.82. The number of nitrogens with zero attached hydrogens (tertiary/aromatic N) is 1. The van der Waals surface area contributed by atoms with Gasteiger partial charge < -0.3 is 20.7 Å². The van der Waals surface area contributed by atoms with Crippen molar-refractivity contribution in [1.82, 2.24) is 16.0 Å². The smallest absolute Gasteiger partial charge is 0.227 e. The highest BCUT2D eigenvalue weighted by Crippen LogP contribution is 2.34. The second-order valence-corrected chi connectivity index (χ2v) is 6.25. The Morgan fingerprint density at radius 1 is 1.40 bits per heavy atom. The number of hydrogen-bond acceptors (Lipinski definition) is 3.